The largest absolute Gasteiger partial charge is 0.534 e. The molecule has 3 aromatic rings. The summed E-state index contributed by atoms with van der Waals surface area (Å²) in [5, 5.41) is 1.01. The number of benzene rings is 3. The van der Waals surface area contributed by atoms with Crippen LogP contribution >= 0.6 is 0 Å². The molecule has 0 amide bonds. The molecule has 45 heavy (non-hydrogen) atoms. The Balaban J connectivity index is 1.92. The van der Waals surface area contributed by atoms with Gasteiger partial charge in [-0.05, 0) is 70.1 Å². The summed E-state index contributed by atoms with van der Waals surface area (Å²) in [4.78, 5) is 0. The summed E-state index contributed by atoms with van der Waals surface area (Å²) in [6.45, 7) is 4.11. The average Bonchev–Trinajstić information content (AvgIpc) is 3.21. The first kappa shape index (κ1) is 34.9. The fraction of sp³-hybridized carbons (Fsp3) is 0.484. The van der Waals surface area contributed by atoms with Crippen molar-refractivity contribution < 1.29 is 51.5 Å². The van der Waals surface area contributed by atoms with E-state index in [0.29, 0.717) is 34.7 Å². The Bertz CT molecular complexity index is 1740. The highest BCUT2D eigenvalue weighted by Gasteiger charge is 2.50. The monoisotopic (exact) mass is 680 g/mol. The van der Waals surface area contributed by atoms with Crippen LogP contribution in [-0.4, -0.2) is 27.9 Å². The molecule has 0 aromatic heterocycles. The summed E-state index contributed by atoms with van der Waals surface area (Å²) in [7, 11) is -11.8. The SMILES string of the molecule is CCCCCCC1(CCCCCC)c2cc(OS(=O)(=O)C(F)(F)F)ccc2-c2ccc3cc(OS(=O)(=O)C(F)(F)F)ccc3c21. The fourth-order valence-electron chi connectivity index (χ4n) is 6.14. The molecule has 1 aliphatic carbocycles. The zero-order valence-electron chi connectivity index (χ0n) is 24.7. The Kier molecular flexibility index (Phi) is 10.1. The lowest BCUT2D eigenvalue weighted by molar-refractivity contribution is -0.0504. The van der Waals surface area contributed by atoms with Crippen LogP contribution in [0, 0.1) is 0 Å². The van der Waals surface area contributed by atoms with Crippen LogP contribution in [0.15, 0.2) is 48.5 Å². The number of fused-ring (bicyclic) bond motifs is 5. The molecule has 0 atom stereocenters. The van der Waals surface area contributed by atoms with E-state index in [4.69, 9.17) is 0 Å². The van der Waals surface area contributed by atoms with Gasteiger partial charge < -0.3 is 8.37 Å². The molecule has 0 saturated carbocycles. The van der Waals surface area contributed by atoms with Crippen molar-refractivity contribution in [2.45, 2.75) is 94.5 Å². The Morgan fingerprint density at radius 2 is 1.11 bits per heavy atom. The highest BCUT2D eigenvalue weighted by Crippen LogP contribution is 2.57. The normalized spacial score (nSPS) is 14.8. The first-order chi connectivity index (χ1) is 21.0. The minimum Gasteiger partial charge on any atom is -0.376 e. The van der Waals surface area contributed by atoms with E-state index in [2.05, 4.69) is 22.2 Å². The van der Waals surface area contributed by atoms with Gasteiger partial charge in [0.2, 0.25) is 0 Å². The average molecular weight is 681 g/mol. The molecule has 248 valence electrons. The second-order valence-electron chi connectivity index (χ2n) is 11.2. The predicted octanol–water partition coefficient (Wildman–Crippen LogP) is 9.50. The molecule has 1 aliphatic rings. The molecule has 6 nitrogen and oxygen atoms in total. The van der Waals surface area contributed by atoms with Crippen LogP contribution in [0.3, 0.4) is 0 Å². The maximum atomic E-state index is 13.2. The molecule has 0 N–H and O–H groups in total. The van der Waals surface area contributed by atoms with Gasteiger partial charge in [-0.25, -0.2) is 0 Å². The van der Waals surface area contributed by atoms with Crippen LogP contribution in [0.25, 0.3) is 21.9 Å². The van der Waals surface area contributed by atoms with Crippen LogP contribution in [0.4, 0.5) is 26.3 Å². The van der Waals surface area contributed by atoms with E-state index in [9.17, 15) is 43.2 Å². The molecule has 14 heteroatoms. The molecule has 0 unspecified atom stereocenters. The number of rotatable bonds is 14. The predicted molar refractivity (Wildman–Crippen MR) is 159 cm³/mol. The van der Waals surface area contributed by atoms with Gasteiger partial charge in [0.1, 0.15) is 11.5 Å². The summed E-state index contributed by atoms with van der Waals surface area (Å²) < 4.78 is 135. The number of hydrogen-bond donors (Lipinski definition) is 0. The lowest BCUT2D eigenvalue weighted by Crippen LogP contribution is -2.29. The molecular formula is C31H34F6O6S2. The Morgan fingerprint density at radius 1 is 0.622 bits per heavy atom. The topological polar surface area (TPSA) is 86.7 Å². The van der Waals surface area contributed by atoms with Gasteiger partial charge in [0, 0.05) is 5.41 Å². The second kappa shape index (κ2) is 13.0. The molecular weight excluding hydrogens is 646 g/mol. The van der Waals surface area contributed by atoms with E-state index in [1.54, 1.807) is 12.1 Å². The summed E-state index contributed by atoms with van der Waals surface area (Å²) in [6.07, 6.45) is 8.16. The molecule has 0 aliphatic heterocycles. The molecule has 0 spiro atoms. The third-order valence-corrected chi connectivity index (χ3v) is 10.1. The highest BCUT2D eigenvalue weighted by atomic mass is 32.2. The van der Waals surface area contributed by atoms with Crippen molar-refractivity contribution in [1.29, 1.82) is 0 Å². The number of hydrogen-bond acceptors (Lipinski definition) is 6. The van der Waals surface area contributed by atoms with Crippen LogP contribution in [0.1, 0.15) is 89.2 Å². The maximum Gasteiger partial charge on any atom is 0.534 e. The standard InChI is InChI=1S/C31H34F6O6S2/c1-3-5-7-9-17-29(18-10-8-6-4-2)27-20-23(43-45(40,41)31(35,36)37)13-16-25(27)26-14-11-21-19-22(12-15-24(21)28(26)29)42-44(38,39)30(32,33)34/h11-16,19-20H,3-10,17-18H2,1-2H3. The Hall–Kier alpha value is -3.00. The van der Waals surface area contributed by atoms with Crippen LogP contribution in [0.5, 0.6) is 11.5 Å². The van der Waals surface area contributed by atoms with Crippen molar-refractivity contribution in [1.82, 2.24) is 0 Å². The van der Waals surface area contributed by atoms with Crippen LogP contribution < -0.4 is 8.37 Å². The van der Waals surface area contributed by atoms with Crippen molar-refractivity contribution in [2.75, 3.05) is 0 Å². The number of unbranched alkanes of at least 4 members (excludes halogenated alkanes) is 6. The summed E-state index contributed by atoms with van der Waals surface area (Å²) in [6, 6.07) is 11.2. The fourth-order valence-corrected chi connectivity index (χ4v) is 7.04. The molecule has 0 bridgehead atoms. The smallest absolute Gasteiger partial charge is 0.376 e. The minimum atomic E-state index is -5.93. The maximum absolute atomic E-state index is 13.2. The van der Waals surface area contributed by atoms with E-state index in [-0.39, 0.29) is 0 Å². The van der Waals surface area contributed by atoms with Gasteiger partial charge in [0.25, 0.3) is 0 Å². The summed E-state index contributed by atoms with van der Waals surface area (Å²) in [5.74, 6) is -1.01. The van der Waals surface area contributed by atoms with Crippen molar-refractivity contribution in [3.8, 4) is 22.6 Å². The van der Waals surface area contributed by atoms with Crippen molar-refractivity contribution in [3.63, 3.8) is 0 Å². The Morgan fingerprint density at radius 3 is 1.62 bits per heavy atom. The highest BCUT2D eigenvalue weighted by molar-refractivity contribution is 7.88. The van der Waals surface area contributed by atoms with Crippen LogP contribution in [0.2, 0.25) is 0 Å². The summed E-state index contributed by atoms with van der Waals surface area (Å²) >= 11 is 0. The lowest BCUT2D eigenvalue weighted by atomic mass is 9.69. The first-order valence-electron chi connectivity index (χ1n) is 14.7. The van der Waals surface area contributed by atoms with E-state index in [1.807, 2.05) is 0 Å². The van der Waals surface area contributed by atoms with E-state index < -0.39 is 48.2 Å². The Labute approximate surface area is 259 Å². The van der Waals surface area contributed by atoms with Crippen molar-refractivity contribution in [2.24, 2.45) is 0 Å². The van der Waals surface area contributed by atoms with Gasteiger partial charge in [-0.3, -0.25) is 0 Å². The van der Waals surface area contributed by atoms with Gasteiger partial charge in [0.05, 0.1) is 0 Å². The van der Waals surface area contributed by atoms with Crippen LogP contribution in [-0.2, 0) is 25.7 Å². The molecule has 0 saturated heterocycles. The number of alkyl halides is 6. The summed E-state index contributed by atoms with van der Waals surface area (Å²) in [5.41, 5.74) is -9.22. The van der Waals surface area contributed by atoms with E-state index in [1.165, 1.54) is 30.3 Å². The zero-order chi connectivity index (χ0) is 33.3. The molecule has 3 aromatic carbocycles. The molecule has 0 fully saturated rings. The van der Waals surface area contributed by atoms with Gasteiger partial charge in [-0.15, -0.1) is 0 Å². The molecule has 4 rings (SSSR count). The van der Waals surface area contributed by atoms with E-state index in [0.717, 1.165) is 68.6 Å². The van der Waals surface area contributed by atoms with Gasteiger partial charge in [-0.2, -0.15) is 43.2 Å². The lowest BCUT2D eigenvalue weighted by Gasteiger charge is -2.34. The van der Waals surface area contributed by atoms with E-state index >= 15 is 0 Å². The second-order valence-corrected chi connectivity index (χ2v) is 14.3. The van der Waals surface area contributed by atoms with Crippen molar-refractivity contribution in [3.05, 3.63) is 59.7 Å². The molecule has 0 heterocycles. The molecule has 0 radical (unpaired) electrons. The first-order valence-corrected chi connectivity index (χ1v) is 17.5. The quantitative estimate of drug-likeness (QED) is 0.0730. The van der Waals surface area contributed by atoms with Gasteiger partial charge in [0.15, 0.2) is 0 Å². The zero-order valence-corrected chi connectivity index (χ0v) is 26.4. The third kappa shape index (κ3) is 7.06. The number of halogens is 6. The van der Waals surface area contributed by atoms with Gasteiger partial charge >= 0.3 is 31.3 Å². The van der Waals surface area contributed by atoms with Crippen molar-refractivity contribution >= 4 is 31.0 Å². The van der Waals surface area contributed by atoms with Gasteiger partial charge in [-0.1, -0.05) is 89.5 Å². The minimum absolute atomic E-state index is 0.402. The third-order valence-electron chi connectivity index (χ3n) is 8.16.